The van der Waals surface area contributed by atoms with E-state index in [1.807, 2.05) is 4.90 Å². The summed E-state index contributed by atoms with van der Waals surface area (Å²) in [5, 5.41) is 0. The van der Waals surface area contributed by atoms with Gasteiger partial charge in [-0.3, -0.25) is 4.79 Å². The van der Waals surface area contributed by atoms with Gasteiger partial charge in [-0.05, 0) is 50.6 Å². The molecule has 0 aromatic heterocycles. The Morgan fingerprint density at radius 3 is 2.37 bits per heavy atom. The van der Waals surface area contributed by atoms with Gasteiger partial charge in [0.1, 0.15) is 0 Å². The second kappa shape index (κ2) is 6.71. The minimum absolute atomic E-state index is 0.390. The van der Waals surface area contributed by atoms with Gasteiger partial charge in [-0.15, -0.1) is 0 Å². The molecule has 1 aliphatic rings. The fourth-order valence-electron chi connectivity index (χ4n) is 2.87. The zero-order chi connectivity index (χ0) is 13.7. The number of rotatable bonds is 5. The normalized spacial score (nSPS) is 23.1. The number of hydrogen-bond donors (Lipinski definition) is 1. The summed E-state index contributed by atoms with van der Waals surface area (Å²) >= 11 is 0. The highest BCUT2D eigenvalue weighted by Crippen LogP contribution is 2.27. The standard InChI is InChI=1S/C16H24N2O/c1-13-2-4-15(5-3-13)11-18(12-19)16-8-6-14(10-17)7-9-16/h2-5,12,14,16H,6-11,17H2,1H3. The highest BCUT2D eigenvalue weighted by molar-refractivity contribution is 5.48. The molecule has 19 heavy (non-hydrogen) atoms. The third-order valence-corrected chi connectivity index (χ3v) is 4.24. The second-order valence-corrected chi connectivity index (χ2v) is 5.67. The van der Waals surface area contributed by atoms with Gasteiger partial charge in [0.2, 0.25) is 6.41 Å². The molecule has 0 radical (unpaired) electrons. The van der Waals surface area contributed by atoms with Crippen LogP contribution >= 0.6 is 0 Å². The van der Waals surface area contributed by atoms with Crippen molar-refractivity contribution >= 4 is 6.41 Å². The van der Waals surface area contributed by atoms with E-state index in [9.17, 15) is 4.79 Å². The van der Waals surface area contributed by atoms with Gasteiger partial charge in [-0.25, -0.2) is 0 Å². The van der Waals surface area contributed by atoms with Crippen molar-refractivity contribution in [2.45, 2.75) is 45.2 Å². The summed E-state index contributed by atoms with van der Waals surface area (Å²) in [7, 11) is 0. The van der Waals surface area contributed by atoms with Crippen molar-refractivity contribution in [1.82, 2.24) is 4.90 Å². The van der Waals surface area contributed by atoms with Crippen LogP contribution in [0.1, 0.15) is 36.8 Å². The van der Waals surface area contributed by atoms with E-state index in [1.165, 1.54) is 11.1 Å². The van der Waals surface area contributed by atoms with Crippen molar-refractivity contribution in [3.63, 3.8) is 0 Å². The van der Waals surface area contributed by atoms with Crippen LogP contribution in [-0.4, -0.2) is 23.9 Å². The molecule has 1 saturated carbocycles. The maximum atomic E-state index is 11.3. The maximum Gasteiger partial charge on any atom is 0.210 e. The molecule has 0 heterocycles. The van der Waals surface area contributed by atoms with Crippen LogP contribution in [0.25, 0.3) is 0 Å². The lowest BCUT2D eigenvalue weighted by Crippen LogP contribution is -2.37. The fraction of sp³-hybridized carbons (Fsp3) is 0.562. The van der Waals surface area contributed by atoms with E-state index in [1.54, 1.807) is 0 Å². The third-order valence-electron chi connectivity index (χ3n) is 4.24. The minimum atomic E-state index is 0.390. The van der Waals surface area contributed by atoms with E-state index < -0.39 is 0 Å². The van der Waals surface area contributed by atoms with Crippen molar-refractivity contribution < 1.29 is 4.79 Å². The van der Waals surface area contributed by atoms with Crippen LogP contribution < -0.4 is 5.73 Å². The highest BCUT2D eigenvalue weighted by Gasteiger charge is 2.24. The Morgan fingerprint density at radius 1 is 1.21 bits per heavy atom. The van der Waals surface area contributed by atoms with E-state index in [0.717, 1.165) is 45.2 Å². The number of aryl methyl sites for hydroxylation is 1. The maximum absolute atomic E-state index is 11.3. The molecule has 2 N–H and O–H groups in total. The van der Waals surface area contributed by atoms with Crippen molar-refractivity contribution in [3.05, 3.63) is 35.4 Å². The molecule has 2 rings (SSSR count). The number of hydrogen-bond acceptors (Lipinski definition) is 2. The molecule has 0 spiro atoms. The van der Waals surface area contributed by atoms with Crippen LogP contribution in [-0.2, 0) is 11.3 Å². The van der Waals surface area contributed by atoms with Crippen molar-refractivity contribution in [1.29, 1.82) is 0 Å². The molecule has 1 fully saturated rings. The second-order valence-electron chi connectivity index (χ2n) is 5.67. The molecular weight excluding hydrogens is 236 g/mol. The Balaban J connectivity index is 1.93. The number of carbonyl (C=O) groups is 1. The lowest BCUT2D eigenvalue weighted by Gasteiger charge is -2.34. The van der Waals surface area contributed by atoms with Crippen LogP contribution in [0.4, 0.5) is 0 Å². The van der Waals surface area contributed by atoms with E-state index in [-0.39, 0.29) is 0 Å². The molecule has 104 valence electrons. The molecule has 0 atom stereocenters. The zero-order valence-corrected chi connectivity index (χ0v) is 11.7. The average Bonchev–Trinajstić information content (AvgIpc) is 2.47. The molecule has 1 aliphatic carbocycles. The number of benzene rings is 1. The molecular formula is C16H24N2O. The molecule has 1 amide bonds. The summed E-state index contributed by atoms with van der Waals surface area (Å²) in [4.78, 5) is 13.3. The molecule has 1 aromatic carbocycles. The van der Waals surface area contributed by atoms with Gasteiger partial charge in [0.25, 0.3) is 0 Å². The van der Waals surface area contributed by atoms with Gasteiger partial charge in [0.05, 0.1) is 0 Å². The fourth-order valence-corrected chi connectivity index (χ4v) is 2.87. The van der Waals surface area contributed by atoms with Crippen LogP contribution in [0.15, 0.2) is 24.3 Å². The van der Waals surface area contributed by atoms with Gasteiger partial charge in [-0.2, -0.15) is 0 Å². The number of amides is 1. The molecule has 0 bridgehead atoms. The number of nitrogens with zero attached hydrogens (tertiary/aromatic N) is 1. The summed E-state index contributed by atoms with van der Waals surface area (Å²) < 4.78 is 0. The predicted molar refractivity (Wildman–Crippen MR) is 77.6 cm³/mol. The van der Waals surface area contributed by atoms with Crippen molar-refractivity contribution in [2.75, 3.05) is 6.54 Å². The van der Waals surface area contributed by atoms with Crippen LogP contribution in [0.2, 0.25) is 0 Å². The highest BCUT2D eigenvalue weighted by atomic mass is 16.1. The number of carbonyl (C=O) groups excluding carboxylic acids is 1. The smallest absolute Gasteiger partial charge is 0.210 e. The molecule has 3 nitrogen and oxygen atoms in total. The van der Waals surface area contributed by atoms with E-state index >= 15 is 0 Å². The first kappa shape index (κ1) is 14.1. The van der Waals surface area contributed by atoms with Gasteiger partial charge in [-0.1, -0.05) is 29.8 Å². The first-order valence-electron chi connectivity index (χ1n) is 7.19. The molecule has 3 heteroatoms. The summed E-state index contributed by atoms with van der Waals surface area (Å²) in [5.41, 5.74) is 8.17. The first-order valence-corrected chi connectivity index (χ1v) is 7.19. The monoisotopic (exact) mass is 260 g/mol. The largest absolute Gasteiger partial charge is 0.338 e. The Hall–Kier alpha value is -1.35. The third kappa shape index (κ3) is 3.80. The minimum Gasteiger partial charge on any atom is -0.338 e. The zero-order valence-electron chi connectivity index (χ0n) is 11.7. The van der Waals surface area contributed by atoms with E-state index in [0.29, 0.717) is 12.0 Å². The van der Waals surface area contributed by atoms with Gasteiger partial charge in [0, 0.05) is 12.6 Å². The molecule has 0 unspecified atom stereocenters. The molecule has 0 saturated heterocycles. The lowest BCUT2D eigenvalue weighted by atomic mass is 9.85. The number of nitrogens with two attached hydrogens (primary N) is 1. The summed E-state index contributed by atoms with van der Waals surface area (Å²) in [6.45, 7) is 3.59. The Labute approximate surface area is 115 Å². The summed E-state index contributed by atoms with van der Waals surface area (Å²) in [6.07, 6.45) is 5.49. The lowest BCUT2D eigenvalue weighted by molar-refractivity contribution is -0.121. The van der Waals surface area contributed by atoms with Crippen LogP contribution in [0, 0.1) is 12.8 Å². The van der Waals surface area contributed by atoms with Crippen LogP contribution in [0.3, 0.4) is 0 Å². The molecule has 1 aromatic rings. The Kier molecular flexibility index (Phi) is 4.97. The first-order chi connectivity index (χ1) is 9.22. The van der Waals surface area contributed by atoms with Crippen molar-refractivity contribution in [3.8, 4) is 0 Å². The predicted octanol–water partition coefficient (Wildman–Crippen LogP) is 2.47. The van der Waals surface area contributed by atoms with Crippen LogP contribution in [0.5, 0.6) is 0 Å². The Bertz CT molecular complexity index is 394. The average molecular weight is 260 g/mol. The Morgan fingerprint density at radius 2 is 1.84 bits per heavy atom. The van der Waals surface area contributed by atoms with Gasteiger partial charge >= 0.3 is 0 Å². The SMILES string of the molecule is Cc1ccc(CN(C=O)C2CCC(CN)CC2)cc1. The summed E-state index contributed by atoms with van der Waals surface area (Å²) in [5.74, 6) is 0.657. The van der Waals surface area contributed by atoms with Gasteiger partial charge in [0.15, 0.2) is 0 Å². The van der Waals surface area contributed by atoms with Gasteiger partial charge < -0.3 is 10.6 Å². The topological polar surface area (TPSA) is 46.3 Å². The van der Waals surface area contributed by atoms with E-state index in [2.05, 4.69) is 31.2 Å². The van der Waals surface area contributed by atoms with E-state index in [4.69, 9.17) is 5.73 Å². The van der Waals surface area contributed by atoms with Crippen molar-refractivity contribution in [2.24, 2.45) is 11.7 Å². The molecule has 0 aliphatic heterocycles. The quantitative estimate of drug-likeness (QED) is 0.827. The summed E-state index contributed by atoms with van der Waals surface area (Å²) in [6, 6.07) is 8.81.